The lowest BCUT2D eigenvalue weighted by atomic mass is 10.1. The van der Waals surface area contributed by atoms with Crippen molar-refractivity contribution in [3.63, 3.8) is 0 Å². The monoisotopic (exact) mass is 380 g/mol. The van der Waals surface area contributed by atoms with Gasteiger partial charge in [-0.2, -0.15) is 0 Å². The molecule has 0 aliphatic carbocycles. The first kappa shape index (κ1) is 19.4. The Bertz CT molecular complexity index is 814. The lowest BCUT2D eigenvalue weighted by Crippen LogP contribution is -2.38. The van der Waals surface area contributed by atoms with Gasteiger partial charge in [-0.25, -0.2) is 12.7 Å². The Morgan fingerprint density at radius 2 is 1.88 bits per heavy atom. The highest BCUT2D eigenvalue weighted by atomic mass is 32.2. The van der Waals surface area contributed by atoms with Crippen LogP contribution < -0.4 is 10.6 Å². The molecular formula is C17H24N4O2S2. The molecule has 1 atom stereocenters. The minimum Gasteiger partial charge on any atom is -0.352 e. The number of guanidine groups is 1. The number of sulfonamides is 1. The third kappa shape index (κ3) is 5.04. The Kier molecular flexibility index (Phi) is 6.57. The predicted molar refractivity (Wildman–Crippen MR) is 103 cm³/mol. The molecule has 0 aliphatic heterocycles. The van der Waals surface area contributed by atoms with Crippen LogP contribution in [0.2, 0.25) is 0 Å². The van der Waals surface area contributed by atoms with Crippen molar-refractivity contribution in [1.82, 2.24) is 14.9 Å². The minimum atomic E-state index is -3.38. The fraction of sp³-hybridized carbons (Fsp3) is 0.353. The first-order valence-electron chi connectivity index (χ1n) is 7.88. The molecule has 1 aromatic carbocycles. The standard InChI is InChI=1S/C17H24N4O2S2/c1-13(14-8-6-5-7-9-14)20-17(18-2)19-12-15-10-11-16(24-15)25(22,23)21(3)4/h5-11,13H,12H2,1-4H3,(H2,18,19,20). The van der Waals surface area contributed by atoms with Crippen molar-refractivity contribution >= 4 is 27.3 Å². The van der Waals surface area contributed by atoms with Gasteiger partial charge in [-0.05, 0) is 24.6 Å². The molecule has 0 radical (unpaired) electrons. The van der Waals surface area contributed by atoms with Crippen molar-refractivity contribution in [3.8, 4) is 0 Å². The molecule has 1 heterocycles. The normalized spacial score (nSPS) is 13.7. The minimum absolute atomic E-state index is 0.111. The second-order valence-corrected chi connectivity index (χ2v) is 9.26. The van der Waals surface area contributed by atoms with Crippen LogP contribution in [-0.2, 0) is 16.6 Å². The molecule has 0 amide bonds. The average Bonchev–Trinajstić information content (AvgIpc) is 3.08. The summed E-state index contributed by atoms with van der Waals surface area (Å²) in [5.74, 6) is 0.668. The van der Waals surface area contributed by atoms with Crippen molar-refractivity contribution in [3.05, 3.63) is 52.9 Å². The van der Waals surface area contributed by atoms with Gasteiger partial charge in [0.1, 0.15) is 4.21 Å². The van der Waals surface area contributed by atoms with Crippen LogP contribution in [0.5, 0.6) is 0 Å². The molecule has 2 N–H and O–H groups in total. The van der Waals surface area contributed by atoms with Crippen LogP contribution in [0.4, 0.5) is 0 Å². The maximum Gasteiger partial charge on any atom is 0.252 e. The van der Waals surface area contributed by atoms with Crippen molar-refractivity contribution < 1.29 is 8.42 Å². The Labute approximate surface area is 153 Å². The van der Waals surface area contributed by atoms with Gasteiger partial charge in [0.2, 0.25) is 0 Å². The van der Waals surface area contributed by atoms with Gasteiger partial charge in [0.15, 0.2) is 5.96 Å². The second-order valence-electron chi connectivity index (χ2n) is 5.71. The molecule has 0 spiro atoms. The molecule has 0 saturated heterocycles. The number of nitrogens with one attached hydrogen (secondary N) is 2. The van der Waals surface area contributed by atoms with E-state index in [1.54, 1.807) is 13.1 Å². The van der Waals surface area contributed by atoms with Gasteiger partial charge >= 0.3 is 0 Å². The van der Waals surface area contributed by atoms with Crippen molar-refractivity contribution in [2.75, 3.05) is 21.1 Å². The van der Waals surface area contributed by atoms with Gasteiger partial charge < -0.3 is 10.6 Å². The molecule has 1 aromatic heterocycles. The Morgan fingerprint density at radius 3 is 2.48 bits per heavy atom. The third-order valence-corrected chi connectivity index (χ3v) is 7.05. The topological polar surface area (TPSA) is 73.8 Å². The van der Waals surface area contributed by atoms with Crippen LogP contribution in [0, 0.1) is 0 Å². The van der Waals surface area contributed by atoms with Gasteiger partial charge in [0.05, 0.1) is 12.6 Å². The lowest BCUT2D eigenvalue weighted by molar-refractivity contribution is 0.523. The third-order valence-electron chi connectivity index (χ3n) is 3.68. The lowest BCUT2D eigenvalue weighted by Gasteiger charge is -2.18. The molecule has 0 saturated carbocycles. The molecular weight excluding hydrogens is 356 g/mol. The quantitative estimate of drug-likeness (QED) is 0.596. The van der Waals surface area contributed by atoms with E-state index < -0.39 is 10.0 Å². The molecule has 2 aromatic rings. The van der Waals surface area contributed by atoms with E-state index in [4.69, 9.17) is 0 Å². The highest BCUT2D eigenvalue weighted by Gasteiger charge is 2.19. The zero-order chi connectivity index (χ0) is 18.4. The van der Waals surface area contributed by atoms with E-state index in [0.717, 1.165) is 4.88 Å². The maximum absolute atomic E-state index is 12.1. The van der Waals surface area contributed by atoms with Gasteiger partial charge in [0, 0.05) is 26.0 Å². The summed E-state index contributed by atoms with van der Waals surface area (Å²) < 4.78 is 25.8. The summed E-state index contributed by atoms with van der Waals surface area (Å²) >= 11 is 1.26. The van der Waals surface area contributed by atoms with Gasteiger partial charge in [-0.3, -0.25) is 4.99 Å². The highest BCUT2D eigenvalue weighted by molar-refractivity contribution is 7.91. The van der Waals surface area contributed by atoms with Gasteiger partial charge in [-0.1, -0.05) is 30.3 Å². The van der Waals surface area contributed by atoms with E-state index in [9.17, 15) is 8.42 Å². The number of aliphatic imine (C=N–C) groups is 1. The summed E-state index contributed by atoms with van der Waals surface area (Å²) in [5.41, 5.74) is 1.17. The summed E-state index contributed by atoms with van der Waals surface area (Å²) in [6, 6.07) is 13.7. The number of nitrogens with zero attached hydrogens (tertiary/aromatic N) is 2. The molecule has 25 heavy (non-hydrogen) atoms. The van der Waals surface area contributed by atoms with E-state index in [-0.39, 0.29) is 6.04 Å². The first-order chi connectivity index (χ1) is 11.8. The number of thiophene rings is 1. The fourth-order valence-corrected chi connectivity index (χ4v) is 4.63. The largest absolute Gasteiger partial charge is 0.352 e. The molecule has 2 rings (SSSR count). The summed E-state index contributed by atoms with van der Waals surface area (Å²) in [6.07, 6.45) is 0. The van der Waals surface area contributed by atoms with Crippen LogP contribution in [-0.4, -0.2) is 39.8 Å². The summed E-state index contributed by atoms with van der Waals surface area (Å²) in [5, 5.41) is 6.55. The average molecular weight is 381 g/mol. The maximum atomic E-state index is 12.1. The summed E-state index contributed by atoms with van der Waals surface area (Å²) in [7, 11) is 1.40. The van der Waals surface area contributed by atoms with Gasteiger partial charge in [0.25, 0.3) is 10.0 Å². The molecule has 6 nitrogen and oxygen atoms in total. The molecule has 136 valence electrons. The van der Waals surface area contributed by atoms with E-state index in [2.05, 4.69) is 34.7 Å². The van der Waals surface area contributed by atoms with Crippen LogP contribution >= 0.6 is 11.3 Å². The molecule has 0 aliphatic rings. The smallest absolute Gasteiger partial charge is 0.252 e. The second kappa shape index (κ2) is 8.46. The molecule has 8 heteroatoms. The number of hydrogen-bond donors (Lipinski definition) is 2. The fourth-order valence-electron chi connectivity index (χ4n) is 2.17. The number of rotatable bonds is 6. The number of hydrogen-bond acceptors (Lipinski definition) is 4. The zero-order valence-corrected chi connectivity index (χ0v) is 16.5. The van der Waals surface area contributed by atoms with Crippen LogP contribution in [0.1, 0.15) is 23.4 Å². The Morgan fingerprint density at radius 1 is 1.20 bits per heavy atom. The SMILES string of the molecule is CN=C(NCc1ccc(S(=O)(=O)N(C)C)s1)NC(C)c1ccccc1. The van der Waals surface area contributed by atoms with Crippen molar-refractivity contribution in [2.45, 2.75) is 23.7 Å². The van der Waals surface area contributed by atoms with Crippen LogP contribution in [0.15, 0.2) is 51.7 Å². The van der Waals surface area contributed by atoms with E-state index in [1.165, 1.54) is 35.3 Å². The highest BCUT2D eigenvalue weighted by Crippen LogP contribution is 2.23. The van der Waals surface area contributed by atoms with Gasteiger partial charge in [-0.15, -0.1) is 11.3 Å². The molecule has 1 unspecified atom stereocenters. The van der Waals surface area contributed by atoms with Crippen molar-refractivity contribution in [2.24, 2.45) is 4.99 Å². The summed E-state index contributed by atoms with van der Waals surface area (Å²) in [4.78, 5) is 5.15. The summed E-state index contributed by atoms with van der Waals surface area (Å²) in [6.45, 7) is 2.57. The predicted octanol–water partition coefficient (Wildman–Crippen LogP) is 2.42. The number of benzene rings is 1. The molecule has 0 fully saturated rings. The van der Waals surface area contributed by atoms with Crippen LogP contribution in [0.3, 0.4) is 0 Å². The first-order valence-corrected chi connectivity index (χ1v) is 10.1. The van der Waals surface area contributed by atoms with E-state index >= 15 is 0 Å². The van der Waals surface area contributed by atoms with E-state index in [1.807, 2.05) is 24.3 Å². The molecule has 0 bridgehead atoms. The van der Waals surface area contributed by atoms with E-state index in [0.29, 0.717) is 16.7 Å². The Hall–Kier alpha value is -1.90. The zero-order valence-electron chi connectivity index (χ0n) is 14.9. The Balaban J connectivity index is 1.97. The van der Waals surface area contributed by atoms with Crippen LogP contribution in [0.25, 0.3) is 0 Å². The van der Waals surface area contributed by atoms with Crippen molar-refractivity contribution in [1.29, 1.82) is 0 Å².